The van der Waals surface area contributed by atoms with E-state index in [-0.39, 0.29) is 17.5 Å². The van der Waals surface area contributed by atoms with Gasteiger partial charge < -0.3 is 10.6 Å². The molecule has 0 bridgehead atoms. The lowest BCUT2D eigenvalue weighted by Crippen LogP contribution is -2.49. The second-order valence-electron chi connectivity index (χ2n) is 6.03. The molecule has 1 aromatic heterocycles. The van der Waals surface area contributed by atoms with E-state index in [0.29, 0.717) is 6.54 Å². The third kappa shape index (κ3) is 4.59. The minimum absolute atomic E-state index is 0.00602. The van der Waals surface area contributed by atoms with Crippen LogP contribution in [-0.2, 0) is 24.8 Å². The van der Waals surface area contributed by atoms with E-state index in [0.717, 1.165) is 22.3 Å². The smallest absolute Gasteiger partial charge is 0.237 e. The number of hydrogen-bond acceptors (Lipinski definition) is 3. The molecule has 0 fully saturated rings. The summed E-state index contributed by atoms with van der Waals surface area (Å²) in [6, 6.07) is -0.249. The van der Waals surface area contributed by atoms with E-state index >= 15 is 0 Å². The molecule has 6 heteroatoms. The molecule has 1 heterocycles. The van der Waals surface area contributed by atoms with Crippen LogP contribution in [0.4, 0.5) is 0 Å². The monoisotopic (exact) mass is 344 g/mol. The number of rotatable bonds is 5. The quantitative estimate of drug-likeness (QED) is 0.860. The number of halogens is 1. The standard InChI is InChI=1S/C14H25BrN4O/c1-7-10-12(15)11(19(6)18-10)8-16-9(2)13(20)17-14(3,4)5/h9,16H,7-8H2,1-6H3,(H,17,20). The van der Waals surface area contributed by atoms with Crippen molar-refractivity contribution in [1.82, 2.24) is 20.4 Å². The molecule has 0 spiro atoms. The lowest BCUT2D eigenvalue weighted by molar-refractivity contribution is -0.124. The molecule has 5 nitrogen and oxygen atoms in total. The predicted octanol–water partition coefficient (Wildman–Crippen LogP) is 2.14. The summed E-state index contributed by atoms with van der Waals surface area (Å²) in [5.41, 5.74) is 1.88. The largest absolute Gasteiger partial charge is 0.350 e. The maximum absolute atomic E-state index is 12.0. The van der Waals surface area contributed by atoms with Crippen LogP contribution >= 0.6 is 15.9 Å². The highest BCUT2D eigenvalue weighted by molar-refractivity contribution is 9.10. The number of nitrogens with zero attached hydrogens (tertiary/aromatic N) is 2. The van der Waals surface area contributed by atoms with Crippen LogP contribution in [0.1, 0.15) is 46.0 Å². The van der Waals surface area contributed by atoms with Crippen LogP contribution in [0.2, 0.25) is 0 Å². The van der Waals surface area contributed by atoms with Gasteiger partial charge in [0.1, 0.15) is 0 Å². The van der Waals surface area contributed by atoms with Crippen LogP contribution < -0.4 is 10.6 Å². The fourth-order valence-electron chi connectivity index (χ4n) is 1.83. The van der Waals surface area contributed by atoms with Crippen molar-refractivity contribution in [2.75, 3.05) is 0 Å². The molecule has 1 rings (SSSR count). The van der Waals surface area contributed by atoms with E-state index in [1.54, 1.807) is 0 Å². The van der Waals surface area contributed by atoms with Gasteiger partial charge in [-0.25, -0.2) is 0 Å². The molecule has 114 valence electrons. The van der Waals surface area contributed by atoms with Crippen molar-refractivity contribution in [3.05, 3.63) is 15.9 Å². The van der Waals surface area contributed by atoms with Gasteiger partial charge in [-0.15, -0.1) is 0 Å². The van der Waals surface area contributed by atoms with Gasteiger partial charge in [0.15, 0.2) is 0 Å². The maximum atomic E-state index is 12.0. The Balaban J connectivity index is 2.63. The zero-order valence-corrected chi connectivity index (χ0v) is 14.8. The summed E-state index contributed by atoms with van der Waals surface area (Å²) in [5.74, 6) is 0.00602. The van der Waals surface area contributed by atoms with Gasteiger partial charge in [0, 0.05) is 19.1 Å². The first-order valence-electron chi connectivity index (χ1n) is 6.91. The van der Waals surface area contributed by atoms with Gasteiger partial charge in [0.05, 0.1) is 21.9 Å². The van der Waals surface area contributed by atoms with E-state index in [9.17, 15) is 4.79 Å². The fourth-order valence-corrected chi connectivity index (χ4v) is 2.59. The first kappa shape index (κ1) is 17.2. The number of aromatic nitrogens is 2. The Morgan fingerprint density at radius 3 is 2.50 bits per heavy atom. The van der Waals surface area contributed by atoms with Crippen molar-refractivity contribution in [3.63, 3.8) is 0 Å². The van der Waals surface area contributed by atoms with Gasteiger partial charge in [-0.2, -0.15) is 5.10 Å². The molecule has 0 aliphatic rings. The second-order valence-corrected chi connectivity index (χ2v) is 6.82. The Kier molecular flexibility index (Phi) is 5.77. The first-order valence-corrected chi connectivity index (χ1v) is 7.70. The number of amides is 1. The number of aryl methyl sites for hydroxylation is 2. The van der Waals surface area contributed by atoms with E-state index in [4.69, 9.17) is 0 Å². The molecule has 20 heavy (non-hydrogen) atoms. The minimum Gasteiger partial charge on any atom is -0.350 e. The van der Waals surface area contributed by atoms with Crippen LogP contribution in [-0.4, -0.2) is 27.3 Å². The van der Waals surface area contributed by atoms with Crippen molar-refractivity contribution in [3.8, 4) is 0 Å². The number of carbonyl (C=O) groups is 1. The highest BCUT2D eigenvalue weighted by atomic mass is 79.9. The van der Waals surface area contributed by atoms with Crippen LogP contribution in [0.3, 0.4) is 0 Å². The third-order valence-electron chi connectivity index (χ3n) is 2.97. The Hall–Kier alpha value is -0.880. The summed E-state index contributed by atoms with van der Waals surface area (Å²) in [4.78, 5) is 12.0. The van der Waals surface area contributed by atoms with Crippen LogP contribution in [0.5, 0.6) is 0 Å². The first-order chi connectivity index (χ1) is 9.15. The number of hydrogen-bond donors (Lipinski definition) is 2. The lowest BCUT2D eigenvalue weighted by Gasteiger charge is -2.23. The van der Waals surface area contributed by atoms with Gasteiger partial charge in [0.2, 0.25) is 5.91 Å². The molecule has 1 amide bonds. The van der Waals surface area contributed by atoms with E-state index < -0.39 is 0 Å². The molecule has 0 saturated heterocycles. The van der Waals surface area contributed by atoms with Gasteiger partial charge in [-0.1, -0.05) is 6.92 Å². The summed E-state index contributed by atoms with van der Waals surface area (Å²) in [7, 11) is 1.92. The molecule has 0 aromatic carbocycles. The predicted molar refractivity (Wildman–Crippen MR) is 84.5 cm³/mol. The Labute approximate surface area is 129 Å². The molecule has 1 atom stereocenters. The molecule has 2 N–H and O–H groups in total. The van der Waals surface area contributed by atoms with Gasteiger partial charge >= 0.3 is 0 Å². The summed E-state index contributed by atoms with van der Waals surface area (Å²) in [6.07, 6.45) is 0.883. The summed E-state index contributed by atoms with van der Waals surface area (Å²) in [6.45, 7) is 10.5. The Morgan fingerprint density at radius 1 is 1.45 bits per heavy atom. The molecule has 0 radical (unpaired) electrons. The van der Waals surface area contributed by atoms with Gasteiger partial charge in [-0.05, 0) is 50.0 Å². The average Bonchev–Trinajstić information content (AvgIpc) is 2.59. The maximum Gasteiger partial charge on any atom is 0.237 e. The van der Waals surface area contributed by atoms with Crippen LogP contribution in [0.25, 0.3) is 0 Å². The summed E-state index contributed by atoms with van der Waals surface area (Å²) in [5, 5.41) is 10.6. The second kappa shape index (κ2) is 6.72. The highest BCUT2D eigenvalue weighted by Crippen LogP contribution is 2.21. The normalized spacial score (nSPS) is 13.3. The van der Waals surface area contributed by atoms with E-state index in [1.165, 1.54) is 0 Å². The zero-order valence-electron chi connectivity index (χ0n) is 13.2. The molecule has 1 unspecified atom stereocenters. The van der Waals surface area contributed by atoms with Crippen molar-refractivity contribution < 1.29 is 4.79 Å². The summed E-state index contributed by atoms with van der Waals surface area (Å²) >= 11 is 3.57. The van der Waals surface area contributed by atoms with Gasteiger partial charge in [-0.3, -0.25) is 9.48 Å². The van der Waals surface area contributed by atoms with Crippen LogP contribution in [0, 0.1) is 0 Å². The van der Waals surface area contributed by atoms with Crippen molar-refractivity contribution in [1.29, 1.82) is 0 Å². The number of nitrogens with one attached hydrogen (secondary N) is 2. The average molecular weight is 345 g/mol. The molecule has 0 saturated carbocycles. The van der Waals surface area contributed by atoms with Crippen molar-refractivity contribution >= 4 is 21.8 Å². The van der Waals surface area contributed by atoms with Crippen molar-refractivity contribution in [2.45, 2.75) is 59.2 Å². The Morgan fingerprint density at radius 2 is 2.05 bits per heavy atom. The van der Waals surface area contributed by atoms with Crippen LogP contribution in [0.15, 0.2) is 4.47 Å². The van der Waals surface area contributed by atoms with Gasteiger partial charge in [0.25, 0.3) is 0 Å². The molecule has 0 aliphatic carbocycles. The zero-order chi connectivity index (χ0) is 15.5. The van der Waals surface area contributed by atoms with E-state index in [2.05, 4.69) is 38.6 Å². The SMILES string of the molecule is CCc1nn(C)c(CNC(C)C(=O)NC(C)(C)C)c1Br. The molecule has 1 aromatic rings. The Bertz CT molecular complexity index is 476. The number of carbonyl (C=O) groups excluding carboxylic acids is 1. The molecular weight excluding hydrogens is 320 g/mol. The molecular formula is C14H25BrN4O. The van der Waals surface area contributed by atoms with E-state index in [1.807, 2.05) is 39.4 Å². The third-order valence-corrected chi connectivity index (χ3v) is 3.89. The van der Waals surface area contributed by atoms with Crippen molar-refractivity contribution in [2.24, 2.45) is 7.05 Å². The topological polar surface area (TPSA) is 59.0 Å². The lowest BCUT2D eigenvalue weighted by atomic mass is 10.1. The molecule has 0 aliphatic heterocycles. The summed E-state index contributed by atoms with van der Waals surface area (Å²) < 4.78 is 2.88. The fraction of sp³-hybridized carbons (Fsp3) is 0.714. The minimum atomic E-state index is -0.249. The highest BCUT2D eigenvalue weighted by Gasteiger charge is 2.20.